The molecule has 4 heterocycles. The topological polar surface area (TPSA) is 82.5 Å². The van der Waals surface area contributed by atoms with E-state index in [1.54, 1.807) is 6.33 Å². The van der Waals surface area contributed by atoms with Gasteiger partial charge in [-0.2, -0.15) is 4.37 Å². The lowest BCUT2D eigenvalue weighted by Crippen LogP contribution is -2.52. The first-order chi connectivity index (χ1) is 11.5. The van der Waals surface area contributed by atoms with Gasteiger partial charge in [0, 0.05) is 36.1 Å². The number of amides is 1. The lowest BCUT2D eigenvalue weighted by atomic mass is 9.86. The Morgan fingerprint density at radius 3 is 2.79 bits per heavy atom. The first kappa shape index (κ1) is 15.6. The summed E-state index contributed by atoms with van der Waals surface area (Å²) < 4.78 is 4.02. The monoisotopic (exact) mass is 365 g/mol. The van der Waals surface area contributed by atoms with Crippen LogP contribution in [0.15, 0.2) is 6.33 Å². The minimum atomic E-state index is -0.916. The molecule has 0 saturated carbocycles. The fourth-order valence-electron chi connectivity index (χ4n) is 3.70. The normalized spacial score (nSPS) is 20.2. The molecule has 2 aromatic heterocycles. The van der Waals surface area contributed by atoms with Crippen molar-refractivity contribution in [3.05, 3.63) is 33.9 Å². The number of hydrogen-bond acceptors (Lipinski definition) is 6. The smallest absolute Gasteiger partial charge is 0.408 e. The minimum Gasteiger partial charge on any atom is -0.465 e. The quantitative estimate of drug-likeness (QED) is 0.881. The molecule has 0 spiro atoms. The van der Waals surface area contributed by atoms with Crippen molar-refractivity contribution in [2.24, 2.45) is 5.92 Å². The third-order valence-corrected chi connectivity index (χ3v) is 6.12. The summed E-state index contributed by atoms with van der Waals surface area (Å²) in [6, 6.07) is -0.202. The van der Waals surface area contributed by atoms with Gasteiger partial charge in [-0.15, -0.1) is 0 Å². The molecule has 2 aromatic rings. The predicted octanol–water partition coefficient (Wildman–Crippen LogP) is 2.87. The fraction of sp³-hybridized carbons (Fsp3) is 0.467. The van der Waals surface area contributed by atoms with Gasteiger partial charge >= 0.3 is 6.09 Å². The number of carbonyl (C=O) groups is 1. The Hall–Kier alpha value is -1.93. The lowest BCUT2D eigenvalue weighted by Gasteiger charge is -2.44. The molecule has 126 valence electrons. The van der Waals surface area contributed by atoms with E-state index in [1.807, 2.05) is 13.8 Å². The number of nitrogens with zero attached hydrogens (tertiary/aromatic N) is 5. The van der Waals surface area contributed by atoms with E-state index < -0.39 is 6.09 Å². The van der Waals surface area contributed by atoms with Crippen molar-refractivity contribution in [2.45, 2.75) is 26.4 Å². The van der Waals surface area contributed by atoms with Gasteiger partial charge in [0.15, 0.2) is 0 Å². The van der Waals surface area contributed by atoms with E-state index in [-0.39, 0.29) is 12.0 Å². The standard InChI is InChI=1S/C15H16ClN5O2S/c1-7-11-10(19-8(2)12(7)16)5-21(15(22)23)13(11)9-3-20(4-9)14-17-6-18-24-14/h6,9,13H,3-5H2,1-2H3,(H,22,23). The van der Waals surface area contributed by atoms with Gasteiger partial charge in [0.2, 0.25) is 5.13 Å². The Labute approximate surface area is 148 Å². The van der Waals surface area contributed by atoms with E-state index in [1.165, 1.54) is 16.4 Å². The molecule has 1 fully saturated rings. The summed E-state index contributed by atoms with van der Waals surface area (Å²) in [4.78, 5) is 24.1. The largest absolute Gasteiger partial charge is 0.465 e. The van der Waals surface area contributed by atoms with Gasteiger partial charge in [-0.1, -0.05) is 11.6 Å². The number of carboxylic acid groups (broad SMARTS) is 1. The molecule has 1 atom stereocenters. The molecular formula is C15H16ClN5O2S. The van der Waals surface area contributed by atoms with Crippen LogP contribution in [-0.2, 0) is 6.54 Å². The van der Waals surface area contributed by atoms with Crippen molar-refractivity contribution in [1.29, 1.82) is 0 Å². The summed E-state index contributed by atoms with van der Waals surface area (Å²) in [6.07, 6.45) is 0.624. The zero-order chi connectivity index (χ0) is 17.0. The molecule has 4 rings (SSSR count). The van der Waals surface area contributed by atoms with E-state index in [2.05, 4.69) is 19.2 Å². The number of fused-ring (bicyclic) bond motifs is 1. The summed E-state index contributed by atoms with van der Waals surface area (Å²) in [7, 11) is 0. The number of hydrogen-bond donors (Lipinski definition) is 1. The van der Waals surface area contributed by atoms with Crippen molar-refractivity contribution in [3.8, 4) is 0 Å². The summed E-state index contributed by atoms with van der Waals surface area (Å²) in [5.41, 5.74) is 3.51. The maximum Gasteiger partial charge on any atom is 0.408 e. The highest BCUT2D eigenvalue weighted by Crippen LogP contribution is 2.45. The number of aromatic nitrogens is 3. The number of anilines is 1. The molecule has 2 aliphatic rings. The maximum absolute atomic E-state index is 11.7. The van der Waals surface area contributed by atoms with Gasteiger partial charge in [0.25, 0.3) is 0 Å². The molecule has 24 heavy (non-hydrogen) atoms. The fourth-order valence-corrected chi connectivity index (χ4v) is 4.39. The second-order valence-corrected chi connectivity index (χ2v) is 7.38. The van der Waals surface area contributed by atoms with Gasteiger partial charge in [-0.25, -0.2) is 9.78 Å². The molecule has 0 aliphatic carbocycles. The van der Waals surface area contributed by atoms with Crippen molar-refractivity contribution < 1.29 is 9.90 Å². The molecule has 1 amide bonds. The number of rotatable bonds is 2. The van der Waals surface area contributed by atoms with Crippen LogP contribution in [0.5, 0.6) is 0 Å². The number of aryl methyl sites for hydroxylation is 1. The molecular weight excluding hydrogens is 350 g/mol. The third-order valence-electron chi connectivity index (χ3n) is 4.84. The molecule has 0 radical (unpaired) electrons. The van der Waals surface area contributed by atoms with Gasteiger partial charge in [-0.05, 0) is 19.4 Å². The van der Waals surface area contributed by atoms with Crippen molar-refractivity contribution >= 4 is 34.4 Å². The third kappa shape index (κ3) is 2.24. The molecule has 0 bridgehead atoms. The first-order valence-corrected chi connectivity index (χ1v) is 8.79. The van der Waals surface area contributed by atoms with Crippen LogP contribution in [0, 0.1) is 19.8 Å². The molecule has 1 N–H and O–H groups in total. The van der Waals surface area contributed by atoms with Crippen LogP contribution in [0.2, 0.25) is 5.02 Å². The van der Waals surface area contributed by atoms with Crippen LogP contribution < -0.4 is 4.90 Å². The Morgan fingerprint density at radius 1 is 1.42 bits per heavy atom. The second-order valence-electron chi connectivity index (χ2n) is 6.24. The molecule has 2 aliphatic heterocycles. The first-order valence-electron chi connectivity index (χ1n) is 7.64. The van der Waals surface area contributed by atoms with Crippen LogP contribution in [-0.4, -0.2) is 43.5 Å². The van der Waals surface area contributed by atoms with Crippen molar-refractivity contribution in [1.82, 2.24) is 19.2 Å². The summed E-state index contributed by atoms with van der Waals surface area (Å²) >= 11 is 7.73. The van der Waals surface area contributed by atoms with Gasteiger partial charge < -0.3 is 10.0 Å². The highest BCUT2D eigenvalue weighted by atomic mass is 35.5. The van der Waals surface area contributed by atoms with Gasteiger partial charge in [0.05, 0.1) is 29.0 Å². The van der Waals surface area contributed by atoms with Crippen molar-refractivity contribution in [2.75, 3.05) is 18.0 Å². The van der Waals surface area contributed by atoms with Crippen LogP contribution in [0.1, 0.15) is 28.6 Å². The van der Waals surface area contributed by atoms with Gasteiger partial charge in [0.1, 0.15) is 6.33 Å². The Kier molecular flexibility index (Phi) is 3.61. The molecule has 7 nitrogen and oxygen atoms in total. The van der Waals surface area contributed by atoms with Gasteiger partial charge in [-0.3, -0.25) is 9.88 Å². The summed E-state index contributed by atoms with van der Waals surface area (Å²) in [6.45, 7) is 5.65. The Morgan fingerprint density at radius 2 is 2.17 bits per heavy atom. The average Bonchev–Trinajstić information content (AvgIpc) is 3.12. The zero-order valence-electron chi connectivity index (χ0n) is 13.2. The summed E-state index contributed by atoms with van der Waals surface area (Å²) in [5, 5.41) is 11.1. The van der Waals surface area contributed by atoms with E-state index in [9.17, 15) is 9.90 Å². The molecule has 0 aromatic carbocycles. The predicted molar refractivity (Wildman–Crippen MR) is 90.6 cm³/mol. The SMILES string of the molecule is Cc1nc2c(c(C)c1Cl)C(C1CN(c3ncns3)C1)N(C(=O)O)C2. The van der Waals surface area contributed by atoms with Crippen molar-refractivity contribution in [3.63, 3.8) is 0 Å². The van der Waals surface area contributed by atoms with E-state index in [0.717, 1.165) is 40.7 Å². The van der Waals surface area contributed by atoms with E-state index in [0.29, 0.717) is 11.6 Å². The van der Waals surface area contributed by atoms with Crippen LogP contribution in [0.25, 0.3) is 0 Å². The second kappa shape index (κ2) is 5.56. The molecule has 9 heteroatoms. The van der Waals surface area contributed by atoms with E-state index >= 15 is 0 Å². The van der Waals surface area contributed by atoms with Crippen LogP contribution in [0.3, 0.4) is 0 Å². The van der Waals surface area contributed by atoms with Crippen LogP contribution in [0.4, 0.5) is 9.93 Å². The number of halogens is 1. The highest BCUT2D eigenvalue weighted by molar-refractivity contribution is 7.09. The Balaban J connectivity index is 1.67. The highest BCUT2D eigenvalue weighted by Gasteiger charge is 2.46. The maximum atomic E-state index is 11.7. The molecule has 1 saturated heterocycles. The van der Waals surface area contributed by atoms with Crippen LogP contribution >= 0.6 is 23.1 Å². The van der Waals surface area contributed by atoms with E-state index in [4.69, 9.17) is 11.6 Å². The minimum absolute atomic E-state index is 0.200. The zero-order valence-corrected chi connectivity index (χ0v) is 14.8. The summed E-state index contributed by atoms with van der Waals surface area (Å²) in [5.74, 6) is 0.200. The lowest BCUT2D eigenvalue weighted by molar-refractivity contribution is 0.102. The molecule has 1 unspecified atom stereocenters. The average molecular weight is 366 g/mol. The Bertz CT molecular complexity index is 807. The number of pyridine rings is 1.